The summed E-state index contributed by atoms with van der Waals surface area (Å²) in [7, 11) is 1.41. The zero-order valence-electron chi connectivity index (χ0n) is 26.6. The largest absolute Gasteiger partial charge is 0.362 e. The molecule has 0 unspecified atom stereocenters. The topological polar surface area (TPSA) is 108 Å². The van der Waals surface area contributed by atoms with Crippen molar-refractivity contribution < 1.29 is 28.8 Å². The molecule has 0 saturated carbocycles. The highest BCUT2D eigenvalue weighted by atomic mass is 16.7. The van der Waals surface area contributed by atoms with E-state index in [9.17, 15) is 19.2 Å². The van der Waals surface area contributed by atoms with E-state index in [1.165, 1.54) is 12.2 Å². The van der Waals surface area contributed by atoms with Crippen molar-refractivity contribution in [2.24, 2.45) is 0 Å². The molecule has 0 aliphatic rings. The van der Waals surface area contributed by atoms with Crippen molar-refractivity contribution in [1.82, 2.24) is 20.2 Å². The van der Waals surface area contributed by atoms with Crippen LogP contribution in [0.25, 0.3) is 0 Å². The molecule has 1 N–H and O–H groups in total. The summed E-state index contributed by atoms with van der Waals surface area (Å²) in [4.78, 5) is 59.4. The highest BCUT2D eigenvalue weighted by molar-refractivity contribution is 5.96. The lowest BCUT2D eigenvalue weighted by atomic mass is 10.1. The second-order valence-electron chi connectivity index (χ2n) is 10.6. The summed E-state index contributed by atoms with van der Waals surface area (Å²) in [6.45, 7) is 11.2. The molecule has 0 aliphatic heterocycles. The van der Waals surface area contributed by atoms with Gasteiger partial charge in [-0.1, -0.05) is 77.6 Å². The van der Waals surface area contributed by atoms with Crippen molar-refractivity contribution in [2.45, 2.75) is 98.6 Å². The molecule has 0 saturated heterocycles. The Kier molecular flexibility index (Phi) is 19.9. The number of rotatable bonds is 23. The predicted molar refractivity (Wildman–Crippen MR) is 164 cm³/mol. The fraction of sp³-hybridized carbons (Fsp3) is 0.688. The molecule has 10 nitrogen and oxygen atoms in total. The van der Waals surface area contributed by atoms with Crippen molar-refractivity contribution in [3.8, 4) is 0 Å². The maximum Gasteiger partial charge on any atom is 0.255 e. The number of hydrogen-bond donors (Lipinski definition) is 1. The first-order chi connectivity index (χ1) is 20.3. The highest BCUT2D eigenvalue weighted by Gasteiger charge is 2.22. The number of amides is 4. The molecule has 1 rings (SSSR count). The Hall–Kier alpha value is -2.98. The summed E-state index contributed by atoms with van der Waals surface area (Å²) in [6.07, 6.45) is 7.44. The molecule has 4 amide bonds. The SMILES string of the molecule is CCCCN(CCCC)C(=O)COCC(=O)NCc1cccc(CN(OC)C(=O)CC(=O)N(CCCC)CCCC)c1. The lowest BCUT2D eigenvalue weighted by Gasteiger charge is -2.24. The van der Waals surface area contributed by atoms with Gasteiger partial charge in [0.1, 0.15) is 19.6 Å². The molecule has 1 aromatic rings. The number of carbonyl (C=O) groups is 4. The van der Waals surface area contributed by atoms with Crippen LogP contribution >= 0.6 is 0 Å². The van der Waals surface area contributed by atoms with Gasteiger partial charge in [0.25, 0.3) is 5.91 Å². The second-order valence-corrected chi connectivity index (χ2v) is 10.6. The molecule has 0 bridgehead atoms. The first kappa shape index (κ1) is 37.0. The molecule has 238 valence electrons. The smallest absolute Gasteiger partial charge is 0.255 e. The average Bonchev–Trinajstić information content (AvgIpc) is 2.98. The van der Waals surface area contributed by atoms with Gasteiger partial charge in [0.2, 0.25) is 17.7 Å². The van der Waals surface area contributed by atoms with Gasteiger partial charge in [0, 0.05) is 32.7 Å². The molecule has 10 heteroatoms. The molecule has 0 fully saturated rings. The van der Waals surface area contributed by atoms with E-state index < -0.39 is 5.91 Å². The van der Waals surface area contributed by atoms with Gasteiger partial charge in [0.15, 0.2) is 0 Å². The zero-order chi connectivity index (χ0) is 31.2. The Morgan fingerprint density at radius 2 is 1.24 bits per heavy atom. The first-order valence-corrected chi connectivity index (χ1v) is 15.6. The van der Waals surface area contributed by atoms with Crippen LogP contribution < -0.4 is 5.32 Å². The van der Waals surface area contributed by atoms with E-state index in [4.69, 9.17) is 9.57 Å². The normalized spacial score (nSPS) is 10.8. The van der Waals surface area contributed by atoms with E-state index in [1.54, 1.807) is 4.90 Å². The van der Waals surface area contributed by atoms with Crippen molar-refractivity contribution in [2.75, 3.05) is 46.5 Å². The van der Waals surface area contributed by atoms with Gasteiger partial charge in [-0.2, -0.15) is 0 Å². The van der Waals surface area contributed by atoms with Crippen LogP contribution in [0.2, 0.25) is 0 Å². The monoisotopic (exact) mass is 590 g/mol. The Balaban J connectivity index is 2.59. The third-order valence-corrected chi connectivity index (χ3v) is 6.90. The van der Waals surface area contributed by atoms with Crippen LogP contribution in [0.4, 0.5) is 0 Å². The number of nitrogens with zero attached hydrogens (tertiary/aromatic N) is 3. The average molecular weight is 591 g/mol. The van der Waals surface area contributed by atoms with Gasteiger partial charge in [-0.3, -0.25) is 24.0 Å². The molecular formula is C32H54N4O6. The molecule has 42 heavy (non-hydrogen) atoms. The Morgan fingerprint density at radius 3 is 1.76 bits per heavy atom. The summed E-state index contributed by atoms with van der Waals surface area (Å²) in [6, 6.07) is 7.45. The summed E-state index contributed by atoms with van der Waals surface area (Å²) in [5.74, 6) is -0.983. The van der Waals surface area contributed by atoms with E-state index in [-0.39, 0.29) is 50.4 Å². The minimum absolute atomic E-state index is 0.0917. The summed E-state index contributed by atoms with van der Waals surface area (Å²) >= 11 is 0. The number of benzene rings is 1. The summed E-state index contributed by atoms with van der Waals surface area (Å²) < 4.78 is 5.40. The minimum atomic E-state index is -0.395. The van der Waals surface area contributed by atoms with Gasteiger partial charge < -0.3 is 19.9 Å². The standard InChI is InChI=1S/C32H54N4O6/c1-6-10-17-34(18-11-7-2)30(38)22-31(39)36(41-5)24-28-16-14-15-27(21-28)23-33-29(37)25-42-26-32(40)35(19-12-8-3)20-13-9-4/h14-16,21H,6-13,17-20,22-26H2,1-5H3,(H,33,37). The lowest BCUT2D eigenvalue weighted by Crippen LogP contribution is -2.38. The van der Waals surface area contributed by atoms with E-state index in [1.807, 2.05) is 29.2 Å². The van der Waals surface area contributed by atoms with Gasteiger partial charge in [-0.05, 0) is 36.8 Å². The van der Waals surface area contributed by atoms with Crippen molar-refractivity contribution >= 4 is 23.6 Å². The third kappa shape index (κ3) is 15.3. The van der Waals surface area contributed by atoms with Crippen molar-refractivity contribution in [3.63, 3.8) is 0 Å². The van der Waals surface area contributed by atoms with Gasteiger partial charge >= 0.3 is 0 Å². The Morgan fingerprint density at radius 1 is 0.714 bits per heavy atom. The highest BCUT2D eigenvalue weighted by Crippen LogP contribution is 2.11. The van der Waals surface area contributed by atoms with Gasteiger partial charge in [-0.25, -0.2) is 5.06 Å². The third-order valence-electron chi connectivity index (χ3n) is 6.90. The molecule has 1 aromatic carbocycles. The zero-order valence-corrected chi connectivity index (χ0v) is 26.6. The van der Waals surface area contributed by atoms with Crippen LogP contribution in [0.3, 0.4) is 0 Å². The molecule has 0 radical (unpaired) electrons. The summed E-state index contributed by atoms with van der Waals surface area (Å²) in [5.41, 5.74) is 1.64. The molecule has 0 aromatic heterocycles. The lowest BCUT2D eigenvalue weighted by molar-refractivity contribution is -0.180. The Bertz CT molecular complexity index is 925. The van der Waals surface area contributed by atoms with Crippen molar-refractivity contribution in [3.05, 3.63) is 35.4 Å². The van der Waals surface area contributed by atoms with E-state index in [0.29, 0.717) is 26.2 Å². The molecule has 0 spiro atoms. The number of ether oxygens (including phenoxy) is 1. The first-order valence-electron chi connectivity index (χ1n) is 15.6. The molecule has 0 aliphatic carbocycles. The van der Waals surface area contributed by atoms with Gasteiger partial charge in [0.05, 0.1) is 13.7 Å². The van der Waals surface area contributed by atoms with Crippen LogP contribution in [0.1, 0.15) is 96.6 Å². The van der Waals surface area contributed by atoms with Crippen LogP contribution in [0.15, 0.2) is 24.3 Å². The number of hydrogen-bond acceptors (Lipinski definition) is 6. The minimum Gasteiger partial charge on any atom is -0.362 e. The maximum atomic E-state index is 12.9. The molecule has 0 heterocycles. The van der Waals surface area contributed by atoms with Crippen LogP contribution in [0, 0.1) is 0 Å². The second kappa shape index (κ2) is 22.6. The van der Waals surface area contributed by atoms with Gasteiger partial charge in [-0.15, -0.1) is 0 Å². The van der Waals surface area contributed by atoms with E-state index in [2.05, 4.69) is 33.0 Å². The van der Waals surface area contributed by atoms with E-state index >= 15 is 0 Å². The number of nitrogens with one attached hydrogen (secondary N) is 1. The van der Waals surface area contributed by atoms with Crippen molar-refractivity contribution in [1.29, 1.82) is 0 Å². The molecule has 0 atom stereocenters. The maximum absolute atomic E-state index is 12.9. The Labute approximate surface area is 253 Å². The van der Waals surface area contributed by atoms with E-state index in [0.717, 1.165) is 62.5 Å². The number of carbonyl (C=O) groups excluding carboxylic acids is 4. The predicted octanol–water partition coefficient (Wildman–Crippen LogP) is 4.46. The van der Waals surface area contributed by atoms with Crippen LogP contribution in [0.5, 0.6) is 0 Å². The number of hydroxylamine groups is 2. The fourth-order valence-electron chi connectivity index (χ4n) is 4.28. The molecular weight excluding hydrogens is 536 g/mol. The van der Waals surface area contributed by atoms with Crippen LogP contribution in [-0.4, -0.2) is 85.0 Å². The van der Waals surface area contributed by atoms with Crippen LogP contribution in [-0.2, 0) is 41.8 Å². The number of unbranched alkanes of at least 4 members (excludes halogenated alkanes) is 4. The quantitative estimate of drug-likeness (QED) is 0.149. The summed E-state index contributed by atoms with van der Waals surface area (Å²) in [5, 5.41) is 4.01. The fourth-order valence-corrected chi connectivity index (χ4v) is 4.28.